The Labute approximate surface area is 109 Å². The van der Waals surface area contributed by atoms with Crippen LogP contribution in [-0.4, -0.2) is 35.5 Å². The zero-order valence-electron chi connectivity index (χ0n) is 10.1. The second kappa shape index (κ2) is 6.15. The lowest BCUT2D eigenvalue weighted by Crippen LogP contribution is -2.39. The van der Waals surface area contributed by atoms with Gasteiger partial charge in [0.15, 0.2) is 0 Å². The highest BCUT2D eigenvalue weighted by Crippen LogP contribution is 2.22. The molecule has 0 radical (unpaired) electrons. The lowest BCUT2D eigenvalue weighted by Gasteiger charge is -2.22. The minimum absolute atomic E-state index is 0.0351. The molecule has 1 rings (SSSR count). The summed E-state index contributed by atoms with van der Waals surface area (Å²) in [6.45, 7) is 1.82. The van der Waals surface area contributed by atoms with Crippen molar-refractivity contribution in [2.24, 2.45) is 5.29 Å². The molecule has 0 aromatic carbocycles. The summed E-state index contributed by atoms with van der Waals surface area (Å²) in [6.07, 6.45) is 1.46. The number of aryl methyl sites for hydroxylation is 1. The van der Waals surface area contributed by atoms with E-state index in [2.05, 4.69) is 10.3 Å². The summed E-state index contributed by atoms with van der Waals surface area (Å²) < 4.78 is 0. The average Bonchev–Trinajstić information content (AvgIpc) is 2.34. The number of hydrogen-bond donors (Lipinski definition) is 1. The number of anilines is 2. The summed E-state index contributed by atoms with van der Waals surface area (Å²) in [6, 6.07) is 1.03. The van der Waals surface area contributed by atoms with E-state index < -0.39 is 6.03 Å². The summed E-state index contributed by atoms with van der Waals surface area (Å²) in [7, 11) is 1.48. The van der Waals surface area contributed by atoms with Crippen molar-refractivity contribution in [2.75, 3.05) is 30.1 Å². The number of halogens is 1. The van der Waals surface area contributed by atoms with E-state index in [4.69, 9.17) is 17.3 Å². The van der Waals surface area contributed by atoms with Crippen LogP contribution in [-0.2, 0) is 0 Å². The van der Waals surface area contributed by atoms with E-state index in [0.717, 1.165) is 10.7 Å². The third-order valence-electron chi connectivity index (χ3n) is 2.31. The van der Waals surface area contributed by atoms with Gasteiger partial charge in [-0.3, -0.25) is 9.88 Å². The molecule has 1 aromatic rings. The smallest absolute Gasteiger partial charge is 0.347 e. The molecule has 0 saturated carbocycles. The van der Waals surface area contributed by atoms with Gasteiger partial charge in [-0.15, -0.1) is 16.5 Å². The Kier molecular flexibility index (Phi) is 4.85. The molecule has 98 valence electrons. The van der Waals surface area contributed by atoms with Gasteiger partial charge in [0, 0.05) is 18.6 Å². The minimum Gasteiger partial charge on any atom is -0.397 e. The SMILES string of the molecule is Cc1cc(N)c(N(C)C(=O)N(CCCl)N=O)cn1. The molecule has 1 aromatic heterocycles. The van der Waals surface area contributed by atoms with E-state index in [1.165, 1.54) is 18.1 Å². The van der Waals surface area contributed by atoms with Gasteiger partial charge < -0.3 is 5.73 Å². The molecule has 0 spiro atoms. The molecule has 0 aliphatic carbocycles. The predicted molar refractivity (Wildman–Crippen MR) is 70.4 cm³/mol. The zero-order valence-corrected chi connectivity index (χ0v) is 10.9. The number of nitrogens with two attached hydrogens (primary N) is 1. The van der Waals surface area contributed by atoms with E-state index in [1.807, 2.05) is 0 Å². The maximum atomic E-state index is 11.9. The van der Waals surface area contributed by atoms with E-state index in [0.29, 0.717) is 11.4 Å². The number of hydrogen-bond acceptors (Lipinski definition) is 5. The van der Waals surface area contributed by atoms with Gasteiger partial charge in [-0.2, -0.15) is 5.01 Å². The van der Waals surface area contributed by atoms with Crippen molar-refractivity contribution in [1.29, 1.82) is 0 Å². The van der Waals surface area contributed by atoms with Gasteiger partial charge in [0.25, 0.3) is 0 Å². The van der Waals surface area contributed by atoms with E-state index in [1.54, 1.807) is 13.0 Å². The lowest BCUT2D eigenvalue weighted by molar-refractivity contribution is 0.210. The maximum Gasteiger partial charge on any atom is 0.347 e. The number of nitrogen functional groups attached to an aromatic ring is 1. The van der Waals surface area contributed by atoms with Crippen molar-refractivity contribution in [3.05, 3.63) is 22.9 Å². The molecular formula is C10H14ClN5O2. The van der Waals surface area contributed by atoms with Gasteiger partial charge in [-0.25, -0.2) is 4.79 Å². The number of amides is 2. The third-order valence-corrected chi connectivity index (χ3v) is 2.48. The second-order valence-electron chi connectivity index (χ2n) is 3.62. The molecule has 2 N–H and O–H groups in total. The van der Waals surface area contributed by atoms with Gasteiger partial charge in [-0.1, -0.05) is 0 Å². The van der Waals surface area contributed by atoms with E-state index in [-0.39, 0.29) is 12.4 Å². The fourth-order valence-electron chi connectivity index (χ4n) is 1.38. The van der Waals surface area contributed by atoms with Gasteiger partial charge in [0.1, 0.15) is 0 Å². The number of aromatic nitrogens is 1. The summed E-state index contributed by atoms with van der Waals surface area (Å²) in [5, 5.41) is 3.35. The highest BCUT2D eigenvalue weighted by molar-refractivity contribution is 6.18. The van der Waals surface area contributed by atoms with Crippen LogP contribution in [0, 0.1) is 11.8 Å². The molecule has 8 heteroatoms. The molecule has 0 atom stereocenters. The molecule has 1 heterocycles. The first-order valence-corrected chi connectivity index (χ1v) is 5.71. The minimum atomic E-state index is -0.608. The number of urea groups is 1. The Hall–Kier alpha value is -1.89. The Morgan fingerprint density at radius 2 is 2.28 bits per heavy atom. The predicted octanol–water partition coefficient (Wildman–Crippen LogP) is 1.75. The number of rotatable bonds is 4. The number of nitroso groups, excluding NO2 is 1. The summed E-state index contributed by atoms with van der Waals surface area (Å²) in [5.74, 6) is 0.118. The molecule has 0 bridgehead atoms. The van der Waals surface area contributed by atoms with Crippen LogP contribution < -0.4 is 10.6 Å². The normalized spacial score (nSPS) is 9.94. The fourth-order valence-corrected chi connectivity index (χ4v) is 1.54. The summed E-state index contributed by atoms with van der Waals surface area (Å²) in [5.41, 5.74) is 7.34. The van der Waals surface area contributed by atoms with Crippen LogP contribution in [0.1, 0.15) is 5.69 Å². The highest BCUT2D eigenvalue weighted by atomic mass is 35.5. The summed E-state index contributed by atoms with van der Waals surface area (Å²) >= 11 is 5.47. The molecular weight excluding hydrogens is 258 g/mol. The third kappa shape index (κ3) is 3.07. The molecule has 18 heavy (non-hydrogen) atoms. The van der Waals surface area contributed by atoms with Crippen molar-refractivity contribution in [1.82, 2.24) is 9.99 Å². The lowest BCUT2D eigenvalue weighted by atomic mass is 10.3. The van der Waals surface area contributed by atoms with Crippen LogP contribution in [0.2, 0.25) is 0 Å². The quantitative estimate of drug-likeness (QED) is 0.513. The number of carbonyl (C=O) groups excluding carboxylic acids is 1. The van der Waals surface area contributed by atoms with Crippen LogP contribution >= 0.6 is 11.6 Å². The molecule has 0 unspecified atom stereocenters. The topological polar surface area (TPSA) is 91.9 Å². The van der Waals surface area contributed by atoms with Crippen molar-refractivity contribution in [3.63, 3.8) is 0 Å². The van der Waals surface area contributed by atoms with Gasteiger partial charge >= 0.3 is 6.03 Å². The van der Waals surface area contributed by atoms with Crippen LogP contribution in [0.3, 0.4) is 0 Å². The monoisotopic (exact) mass is 271 g/mol. The summed E-state index contributed by atoms with van der Waals surface area (Å²) in [4.78, 5) is 27.7. The van der Waals surface area contributed by atoms with Crippen molar-refractivity contribution < 1.29 is 4.79 Å². The fraction of sp³-hybridized carbons (Fsp3) is 0.400. The second-order valence-corrected chi connectivity index (χ2v) is 4.00. The zero-order chi connectivity index (χ0) is 13.7. The number of carbonyl (C=O) groups is 1. The molecule has 0 saturated heterocycles. The first-order chi connectivity index (χ1) is 8.51. The Morgan fingerprint density at radius 3 is 2.78 bits per heavy atom. The van der Waals surface area contributed by atoms with Crippen LogP contribution in [0.15, 0.2) is 17.5 Å². The van der Waals surface area contributed by atoms with Crippen LogP contribution in [0.25, 0.3) is 0 Å². The highest BCUT2D eigenvalue weighted by Gasteiger charge is 2.21. The largest absolute Gasteiger partial charge is 0.397 e. The van der Waals surface area contributed by atoms with Crippen molar-refractivity contribution in [2.45, 2.75) is 6.92 Å². The van der Waals surface area contributed by atoms with Gasteiger partial charge in [0.2, 0.25) is 0 Å². The molecule has 2 amide bonds. The van der Waals surface area contributed by atoms with Crippen LogP contribution in [0.4, 0.5) is 16.2 Å². The first-order valence-electron chi connectivity index (χ1n) is 5.17. The van der Waals surface area contributed by atoms with Gasteiger partial charge in [0.05, 0.1) is 29.4 Å². The Morgan fingerprint density at radius 1 is 1.61 bits per heavy atom. The van der Waals surface area contributed by atoms with E-state index >= 15 is 0 Å². The molecule has 7 nitrogen and oxygen atoms in total. The van der Waals surface area contributed by atoms with Crippen molar-refractivity contribution >= 4 is 29.0 Å². The number of nitrogens with zero attached hydrogens (tertiary/aromatic N) is 4. The average molecular weight is 272 g/mol. The Bertz CT molecular complexity index is 454. The van der Waals surface area contributed by atoms with Crippen LogP contribution in [0.5, 0.6) is 0 Å². The first kappa shape index (κ1) is 14.2. The maximum absolute atomic E-state index is 11.9. The van der Waals surface area contributed by atoms with Crippen molar-refractivity contribution in [3.8, 4) is 0 Å². The number of alkyl halides is 1. The van der Waals surface area contributed by atoms with E-state index in [9.17, 15) is 9.70 Å². The number of pyridine rings is 1. The molecule has 0 aliphatic rings. The standard InChI is InChI=1S/C10H14ClN5O2/c1-7-5-8(12)9(6-13-7)15(2)10(17)16(14-18)4-3-11/h5-6H,3-4H2,1-2H3,(H2,12,13). The van der Waals surface area contributed by atoms with Gasteiger partial charge in [-0.05, 0) is 13.0 Å². The Balaban J connectivity index is 2.95. The molecule has 0 fully saturated rings. The molecule has 0 aliphatic heterocycles.